The van der Waals surface area contributed by atoms with E-state index in [4.69, 9.17) is 9.84 Å². The molecule has 1 saturated heterocycles. The highest BCUT2D eigenvalue weighted by molar-refractivity contribution is 5.82. The van der Waals surface area contributed by atoms with Gasteiger partial charge in [0, 0.05) is 6.54 Å². The number of fused-ring (bicyclic) bond motifs is 1. The van der Waals surface area contributed by atoms with Gasteiger partial charge in [0.05, 0.1) is 6.61 Å². The first-order valence-corrected chi connectivity index (χ1v) is 5.38. The van der Waals surface area contributed by atoms with E-state index in [9.17, 15) is 10.2 Å². The smallest absolute Gasteiger partial charge is 0.194 e. The highest BCUT2D eigenvalue weighted by atomic mass is 16.5. The van der Waals surface area contributed by atoms with Gasteiger partial charge in [0.15, 0.2) is 12.2 Å². The van der Waals surface area contributed by atoms with Gasteiger partial charge >= 0.3 is 0 Å². The van der Waals surface area contributed by atoms with Gasteiger partial charge in [-0.15, -0.1) is 0 Å². The minimum absolute atomic E-state index is 0.340. The minimum atomic E-state index is -1.10. The number of ether oxygens (including phenoxy) is 1. The van der Waals surface area contributed by atoms with Crippen molar-refractivity contribution in [3.8, 4) is 0 Å². The standard InChI is InChI=1S/C9H17N3O4/c1-2-10-9-11-5-7(15)6(14)4(3-13)16-8(5)12-9/h4-8,13-15H,2-3H2,1H3,(H2,10,11,12)/t4-,5-,6-,7-,8+/m1/s1. The second kappa shape index (κ2) is 4.54. The Morgan fingerprint density at radius 2 is 2.19 bits per heavy atom. The molecule has 1 fully saturated rings. The van der Waals surface area contributed by atoms with Crippen LogP contribution in [0.5, 0.6) is 0 Å². The lowest BCUT2D eigenvalue weighted by molar-refractivity contribution is -0.185. The quantitative estimate of drug-likeness (QED) is 0.356. The number of aliphatic imine (C=N–C) groups is 1. The normalized spacial score (nSPS) is 42.2. The molecule has 0 bridgehead atoms. The third-order valence-corrected chi connectivity index (χ3v) is 2.80. The van der Waals surface area contributed by atoms with E-state index in [1.165, 1.54) is 0 Å². The number of hydrogen-bond donors (Lipinski definition) is 5. The number of aliphatic hydroxyl groups is 3. The van der Waals surface area contributed by atoms with Crippen molar-refractivity contribution < 1.29 is 20.1 Å². The van der Waals surface area contributed by atoms with Crippen LogP contribution in [0.25, 0.3) is 0 Å². The van der Waals surface area contributed by atoms with E-state index in [0.29, 0.717) is 12.5 Å². The van der Waals surface area contributed by atoms with Crippen LogP contribution in [-0.4, -0.2) is 65.0 Å². The number of hydrogen-bond acceptors (Lipinski definition) is 7. The van der Waals surface area contributed by atoms with Crippen molar-refractivity contribution in [2.45, 2.75) is 37.5 Å². The molecule has 5 N–H and O–H groups in total. The maximum Gasteiger partial charge on any atom is 0.194 e. The number of nitrogens with one attached hydrogen (secondary N) is 2. The van der Waals surface area contributed by atoms with Crippen molar-refractivity contribution in [2.24, 2.45) is 4.99 Å². The predicted molar refractivity (Wildman–Crippen MR) is 55.8 cm³/mol. The summed E-state index contributed by atoms with van der Waals surface area (Å²) >= 11 is 0. The van der Waals surface area contributed by atoms with E-state index >= 15 is 0 Å². The zero-order valence-corrected chi connectivity index (χ0v) is 9.00. The van der Waals surface area contributed by atoms with Crippen molar-refractivity contribution in [1.82, 2.24) is 10.6 Å². The second-order valence-corrected chi connectivity index (χ2v) is 3.91. The molecule has 2 rings (SSSR count). The van der Waals surface area contributed by atoms with Crippen LogP contribution < -0.4 is 10.6 Å². The van der Waals surface area contributed by atoms with E-state index in [2.05, 4.69) is 15.6 Å². The van der Waals surface area contributed by atoms with Crippen molar-refractivity contribution in [3.63, 3.8) is 0 Å². The monoisotopic (exact) mass is 231 g/mol. The number of aliphatic hydroxyl groups excluding tert-OH is 3. The lowest BCUT2D eigenvalue weighted by atomic mass is 9.97. The summed E-state index contributed by atoms with van der Waals surface area (Å²) in [6.45, 7) is 2.29. The largest absolute Gasteiger partial charge is 0.394 e. The Morgan fingerprint density at radius 3 is 2.81 bits per heavy atom. The topological polar surface area (TPSA) is 106 Å². The maximum atomic E-state index is 9.83. The lowest BCUT2D eigenvalue weighted by Crippen LogP contribution is -2.61. The summed E-state index contributed by atoms with van der Waals surface area (Å²) in [5.41, 5.74) is 0. The fourth-order valence-corrected chi connectivity index (χ4v) is 1.95. The average Bonchev–Trinajstić information content (AvgIpc) is 2.67. The van der Waals surface area contributed by atoms with Gasteiger partial charge < -0.3 is 30.7 Å². The highest BCUT2D eigenvalue weighted by Crippen LogP contribution is 2.24. The van der Waals surface area contributed by atoms with Gasteiger partial charge in [-0.3, -0.25) is 0 Å². The molecule has 0 aromatic carbocycles. The molecule has 92 valence electrons. The molecule has 0 aromatic rings. The van der Waals surface area contributed by atoms with Crippen LogP contribution in [0, 0.1) is 0 Å². The Balaban J connectivity index is 2.07. The molecule has 0 amide bonds. The number of rotatable bonds is 2. The molecular formula is C9H17N3O4. The summed E-state index contributed by atoms with van der Waals surface area (Å²) < 4.78 is 5.37. The SMILES string of the molecule is CCNC1=N[C@H]2O[C@H](CO)[C@@H](O)[C@H](O)[C@H]2N1. The summed E-state index contributed by atoms with van der Waals surface area (Å²) in [7, 11) is 0. The maximum absolute atomic E-state index is 9.83. The fourth-order valence-electron chi connectivity index (χ4n) is 1.95. The van der Waals surface area contributed by atoms with Crippen molar-refractivity contribution in [2.75, 3.05) is 13.2 Å². The third-order valence-electron chi connectivity index (χ3n) is 2.80. The number of nitrogens with zero attached hydrogens (tertiary/aromatic N) is 1. The third kappa shape index (κ3) is 1.86. The average molecular weight is 231 g/mol. The Labute approximate surface area is 93.1 Å². The molecular weight excluding hydrogens is 214 g/mol. The Morgan fingerprint density at radius 1 is 1.44 bits per heavy atom. The summed E-state index contributed by atoms with van der Waals surface area (Å²) in [6.07, 6.45) is -3.46. The van der Waals surface area contributed by atoms with Crippen LogP contribution >= 0.6 is 0 Å². The van der Waals surface area contributed by atoms with Crippen molar-refractivity contribution in [3.05, 3.63) is 0 Å². The van der Waals surface area contributed by atoms with Crippen LogP contribution in [0.15, 0.2) is 4.99 Å². The molecule has 0 unspecified atom stereocenters. The van der Waals surface area contributed by atoms with E-state index in [1.807, 2.05) is 6.92 Å². The Bertz CT molecular complexity index is 286. The van der Waals surface area contributed by atoms with Gasteiger partial charge in [0.1, 0.15) is 24.4 Å². The van der Waals surface area contributed by atoms with Crippen molar-refractivity contribution in [1.29, 1.82) is 0 Å². The second-order valence-electron chi connectivity index (χ2n) is 3.91. The minimum Gasteiger partial charge on any atom is -0.394 e. The zero-order chi connectivity index (χ0) is 11.7. The van der Waals surface area contributed by atoms with Gasteiger partial charge in [-0.25, -0.2) is 4.99 Å². The van der Waals surface area contributed by atoms with Gasteiger partial charge in [0.2, 0.25) is 0 Å². The van der Waals surface area contributed by atoms with Crippen LogP contribution in [0.2, 0.25) is 0 Å². The molecule has 0 aliphatic carbocycles. The van der Waals surface area contributed by atoms with Gasteiger partial charge in [-0.2, -0.15) is 0 Å². The molecule has 7 heteroatoms. The first-order valence-electron chi connectivity index (χ1n) is 5.38. The van der Waals surface area contributed by atoms with Gasteiger partial charge in [0.25, 0.3) is 0 Å². The molecule has 2 heterocycles. The molecule has 16 heavy (non-hydrogen) atoms. The molecule has 5 atom stereocenters. The van der Waals surface area contributed by atoms with E-state index in [-0.39, 0.29) is 6.61 Å². The van der Waals surface area contributed by atoms with Gasteiger partial charge in [-0.05, 0) is 6.92 Å². The zero-order valence-electron chi connectivity index (χ0n) is 9.00. The first-order chi connectivity index (χ1) is 7.67. The molecule has 0 spiro atoms. The van der Waals surface area contributed by atoms with Crippen LogP contribution in [0.4, 0.5) is 0 Å². The van der Waals surface area contributed by atoms with Crippen LogP contribution in [0.3, 0.4) is 0 Å². The molecule has 0 aromatic heterocycles. The molecule has 2 aliphatic heterocycles. The number of guanidine groups is 1. The Kier molecular flexibility index (Phi) is 3.29. The lowest BCUT2D eigenvalue weighted by Gasteiger charge is -2.37. The molecule has 2 aliphatic rings. The van der Waals surface area contributed by atoms with Crippen LogP contribution in [-0.2, 0) is 4.74 Å². The summed E-state index contributed by atoms with van der Waals surface area (Å²) in [5.74, 6) is 0.544. The van der Waals surface area contributed by atoms with E-state index in [1.54, 1.807) is 0 Å². The van der Waals surface area contributed by atoms with E-state index in [0.717, 1.165) is 0 Å². The molecule has 0 saturated carbocycles. The first kappa shape index (κ1) is 11.6. The van der Waals surface area contributed by atoms with Crippen LogP contribution in [0.1, 0.15) is 6.92 Å². The Hall–Kier alpha value is -0.890. The summed E-state index contributed by atoms with van der Waals surface area (Å²) in [6, 6.07) is -0.466. The predicted octanol–water partition coefficient (Wildman–Crippen LogP) is -2.64. The highest BCUT2D eigenvalue weighted by Gasteiger charge is 2.47. The summed E-state index contributed by atoms with van der Waals surface area (Å²) in [4.78, 5) is 4.17. The van der Waals surface area contributed by atoms with Gasteiger partial charge in [-0.1, -0.05) is 0 Å². The van der Waals surface area contributed by atoms with E-state index < -0.39 is 30.6 Å². The fraction of sp³-hybridized carbons (Fsp3) is 0.889. The molecule has 0 radical (unpaired) electrons. The van der Waals surface area contributed by atoms with Crippen molar-refractivity contribution >= 4 is 5.96 Å². The summed E-state index contributed by atoms with van der Waals surface area (Å²) in [5, 5.41) is 34.4. The molecule has 7 nitrogen and oxygen atoms in total.